The maximum Gasteiger partial charge on any atom is 0.0649 e. The van der Waals surface area contributed by atoms with Crippen LogP contribution in [0.15, 0.2) is 41.0 Å². The lowest BCUT2D eigenvalue weighted by atomic mass is 10.3. The zero-order valence-corrected chi connectivity index (χ0v) is 9.53. The average molecular weight is 251 g/mol. The van der Waals surface area contributed by atoms with E-state index in [2.05, 4.69) is 40.1 Å². The van der Waals surface area contributed by atoms with Crippen molar-refractivity contribution in [1.29, 1.82) is 0 Å². The fraction of sp³-hybridized carbons (Fsp3) is 0.182. The smallest absolute Gasteiger partial charge is 0.0649 e. The number of hydrogen-bond donors (Lipinski definition) is 0. The molecule has 0 amide bonds. The molecule has 0 radical (unpaired) electrons. The summed E-state index contributed by atoms with van der Waals surface area (Å²) in [5.41, 5.74) is 2.31. The predicted molar refractivity (Wildman–Crippen MR) is 60.6 cm³/mol. The van der Waals surface area contributed by atoms with Crippen LogP contribution >= 0.6 is 15.9 Å². The molecule has 0 saturated heterocycles. The largest absolute Gasteiger partial charge is 0.237 e. The number of nitrogens with zero attached hydrogens (tertiary/aromatic N) is 2. The summed E-state index contributed by atoms with van der Waals surface area (Å²) in [7, 11) is 0. The molecule has 0 spiro atoms. The molecular weight excluding hydrogens is 240 g/mol. The van der Waals surface area contributed by atoms with Crippen LogP contribution in [0.1, 0.15) is 12.6 Å². The highest BCUT2D eigenvalue weighted by atomic mass is 79.9. The van der Waals surface area contributed by atoms with Gasteiger partial charge in [-0.05, 0) is 34.5 Å². The summed E-state index contributed by atoms with van der Waals surface area (Å²) < 4.78 is 3.04. The third-order valence-electron chi connectivity index (χ3n) is 2.15. The Morgan fingerprint density at radius 3 is 2.64 bits per heavy atom. The van der Waals surface area contributed by atoms with Gasteiger partial charge in [-0.3, -0.25) is 0 Å². The van der Waals surface area contributed by atoms with Gasteiger partial charge in [0.1, 0.15) is 0 Å². The quantitative estimate of drug-likeness (QED) is 0.801. The van der Waals surface area contributed by atoms with E-state index in [4.69, 9.17) is 0 Å². The van der Waals surface area contributed by atoms with Gasteiger partial charge in [-0.1, -0.05) is 25.1 Å². The standard InChI is InChI=1S/C11H11BrN2/c1-2-11-10(12)8-13-14(11)9-6-4-3-5-7-9/h3-8H,2H2,1H3. The van der Waals surface area contributed by atoms with Crippen molar-refractivity contribution >= 4 is 15.9 Å². The highest BCUT2D eigenvalue weighted by molar-refractivity contribution is 9.10. The Hall–Kier alpha value is -1.09. The van der Waals surface area contributed by atoms with E-state index in [-0.39, 0.29) is 0 Å². The molecule has 0 aliphatic rings. The van der Waals surface area contributed by atoms with Crippen molar-refractivity contribution in [2.75, 3.05) is 0 Å². The van der Waals surface area contributed by atoms with Crippen molar-refractivity contribution in [3.05, 3.63) is 46.7 Å². The van der Waals surface area contributed by atoms with E-state index in [1.54, 1.807) is 0 Å². The second-order valence-corrected chi connectivity index (χ2v) is 3.89. The Bertz CT molecular complexity index is 420. The Morgan fingerprint density at radius 1 is 1.29 bits per heavy atom. The van der Waals surface area contributed by atoms with Gasteiger partial charge in [0.15, 0.2) is 0 Å². The van der Waals surface area contributed by atoms with Gasteiger partial charge in [-0.25, -0.2) is 4.68 Å². The summed E-state index contributed by atoms with van der Waals surface area (Å²) in [6, 6.07) is 10.2. The molecule has 2 aromatic rings. The minimum atomic E-state index is 0.968. The van der Waals surface area contributed by atoms with Gasteiger partial charge in [0.05, 0.1) is 22.1 Å². The molecule has 1 aromatic carbocycles. The van der Waals surface area contributed by atoms with E-state index >= 15 is 0 Å². The molecule has 3 heteroatoms. The number of benzene rings is 1. The Balaban J connectivity index is 2.52. The number of aromatic nitrogens is 2. The van der Waals surface area contributed by atoms with Gasteiger partial charge in [-0.2, -0.15) is 5.10 Å². The summed E-state index contributed by atoms with van der Waals surface area (Å²) >= 11 is 3.49. The summed E-state index contributed by atoms with van der Waals surface area (Å²) in [5, 5.41) is 4.33. The van der Waals surface area contributed by atoms with Crippen molar-refractivity contribution in [3.63, 3.8) is 0 Å². The normalized spacial score (nSPS) is 10.4. The molecule has 0 fully saturated rings. The highest BCUT2D eigenvalue weighted by Gasteiger charge is 2.07. The van der Waals surface area contributed by atoms with Crippen molar-refractivity contribution < 1.29 is 0 Å². The van der Waals surface area contributed by atoms with Crippen molar-refractivity contribution in [1.82, 2.24) is 9.78 Å². The number of hydrogen-bond acceptors (Lipinski definition) is 1. The maximum atomic E-state index is 4.33. The van der Waals surface area contributed by atoms with Crippen LogP contribution in [0.3, 0.4) is 0 Å². The third kappa shape index (κ3) is 1.60. The molecule has 2 nitrogen and oxygen atoms in total. The van der Waals surface area contributed by atoms with Crippen LogP contribution in [-0.2, 0) is 6.42 Å². The molecule has 0 N–H and O–H groups in total. The van der Waals surface area contributed by atoms with Crippen LogP contribution in [0.5, 0.6) is 0 Å². The fourth-order valence-electron chi connectivity index (χ4n) is 1.46. The number of halogens is 1. The SMILES string of the molecule is CCc1c(Br)cnn1-c1ccccc1. The molecule has 0 aliphatic carbocycles. The second kappa shape index (κ2) is 3.96. The Morgan fingerprint density at radius 2 is 2.00 bits per heavy atom. The molecular formula is C11H11BrN2. The first-order valence-corrected chi connectivity index (χ1v) is 5.40. The molecule has 0 aliphatic heterocycles. The Kier molecular flexibility index (Phi) is 2.68. The van der Waals surface area contributed by atoms with Gasteiger partial charge in [0.2, 0.25) is 0 Å². The molecule has 0 saturated carbocycles. The minimum absolute atomic E-state index is 0.968. The maximum absolute atomic E-state index is 4.33. The van der Waals surface area contributed by atoms with E-state index in [1.165, 1.54) is 5.69 Å². The van der Waals surface area contributed by atoms with Crippen LogP contribution in [0.4, 0.5) is 0 Å². The molecule has 72 valence electrons. The molecule has 0 bridgehead atoms. The summed E-state index contributed by atoms with van der Waals surface area (Å²) in [6.45, 7) is 2.13. The zero-order chi connectivity index (χ0) is 9.97. The summed E-state index contributed by atoms with van der Waals surface area (Å²) in [4.78, 5) is 0. The van der Waals surface area contributed by atoms with E-state index in [0.29, 0.717) is 0 Å². The van der Waals surface area contributed by atoms with Gasteiger partial charge < -0.3 is 0 Å². The van der Waals surface area contributed by atoms with E-state index in [0.717, 1.165) is 16.6 Å². The molecule has 1 heterocycles. The van der Waals surface area contributed by atoms with Crippen LogP contribution in [0.25, 0.3) is 5.69 Å². The fourth-order valence-corrected chi connectivity index (χ4v) is 2.00. The molecule has 1 aromatic heterocycles. The van der Waals surface area contributed by atoms with Crippen molar-refractivity contribution in [2.24, 2.45) is 0 Å². The lowest BCUT2D eigenvalue weighted by Gasteiger charge is -2.05. The molecule has 14 heavy (non-hydrogen) atoms. The van der Waals surface area contributed by atoms with Crippen molar-refractivity contribution in [2.45, 2.75) is 13.3 Å². The number of para-hydroxylation sites is 1. The first-order chi connectivity index (χ1) is 6.83. The average Bonchev–Trinajstić information content (AvgIpc) is 2.61. The highest BCUT2D eigenvalue weighted by Crippen LogP contribution is 2.19. The monoisotopic (exact) mass is 250 g/mol. The lowest BCUT2D eigenvalue weighted by molar-refractivity contribution is 0.812. The van der Waals surface area contributed by atoms with E-state index in [9.17, 15) is 0 Å². The number of rotatable bonds is 2. The van der Waals surface area contributed by atoms with Gasteiger partial charge in [-0.15, -0.1) is 0 Å². The van der Waals surface area contributed by atoms with Gasteiger partial charge >= 0.3 is 0 Å². The topological polar surface area (TPSA) is 17.8 Å². The second-order valence-electron chi connectivity index (χ2n) is 3.04. The molecule has 0 atom stereocenters. The van der Waals surface area contributed by atoms with Gasteiger partial charge in [0.25, 0.3) is 0 Å². The molecule has 0 unspecified atom stereocenters. The van der Waals surface area contributed by atoms with Crippen molar-refractivity contribution in [3.8, 4) is 5.69 Å². The summed E-state index contributed by atoms with van der Waals surface area (Å²) in [6.07, 6.45) is 2.81. The molecule has 2 rings (SSSR count). The first kappa shape index (κ1) is 9.46. The van der Waals surface area contributed by atoms with Crippen LogP contribution in [0.2, 0.25) is 0 Å². The van der Waals surface area contributed by atoms with Crippen LogP contribution < -0.4 is 0 Å². The van der Waals surface area contributed by atoms with E-state index in [1.807, 2.05) is 29.1 Å². The first-order valence-electron chi connectivity index (χ1n) is 4.60. The van der Waals surface area contributed by atoms with Crippen LogP contribution in [0, 0.1) is 0 Å². The van der Waals surface area contributed by atoms with Gasteiger partial charge in [0, 0.05) is 0 Å². The third-order valence-corrected chi connectivity index (χ3v) is 2.82. The zero-order valence-electron chi connectivity index (χ0n) is 7.94. The van der Waals surface area contributed by atoms with Crippen LogP contribution in [-0.4, -0.2) is 9.78 Å². The minimum Gasteiger partial charge on any atom is -0.237 e. The Labute approximate surface area is 91.7 Å². The predicted octanol–water partition coefficient (Wildman–Crippen LogP) is 3.20. The summed E-state index contributed by atoms with van der Waals surface area (Å²) in [5.74, 6) is 0. The lowest BCUT2D eigenvalue weighted by Crippen LogP contribution is -2.00. The van der Waals surface area contributed by atoms with E-state index < -0.39 is 0 Å².